The number of unbranched alkanes of at least 4 members (excludes halogenated alkanes) is 5. The number of aliphatic carboxylic acids is 1. The molecule has 0 bridgehead atoms. The van der Waals surface area contributed by atoms with E-state index in [9.17, 15) is 19.5 Å². The van der Waals surface area contributed by atoms with Crippen LogP contribution in [0.15, 0.2) is 18.2 Å². The fourth-order valence-electron chi connectivity index (χ4n) is 8.25. The maximum Gasteiger partial charge on any atom is 0.341 e. The van der Waals surface area contributed by atoms with E-state index in [2.05, 4.69) is 30.9 Å². The second kappa shape index (κ2) is 18.9. The molecule has 2 unspecified atom stereocenters. The number of carboxylic acids is 1. The van der Waals surface area contributed by atoms with Crippen LogP contribution in [0.2, 0.25) is 0 Å². The minimum atomic E-state index is -0.995. The van der Waals surface area contributed by atoms with Crippen LogP contribution in [0.25, 0.3) is 0 Å². The van der Waals surface area contributed by atoms with Gasteiger partial charge in [-0.2, -0.15) is 12.6 Å². The van der Waals surface area contributed by atoms with Crippen LogP contribution in [0, 0.1) is 29.6 Å². The van der Waals surface area contributed by atoms with E-state index in [1.807, 2.05) is 12.1 Å². The summed E-state index contributed by atoms with van der Waals surface area (Å²) in [4.78, 5) is 37.9. The summed E-state index contributed by atoms with van der Waals surface area (Å²) in [6.45, 7) is 2.45. The maximum atomic E-state index is 13.6. The van der Waals surface area contributed by atoms with Gasteiger partial charge in [0.2, 0.25) is 5.91 Å². The maximum absolute atomic E-state index is 13.6. The molecule has 1 aromatic rings. The fraction of sp³-hybridized carbons (Fsp3) is 0.757. The first kappa shape index (κ1) is 36.6. The molecule has 0 aromatic heterocycles. The van der Waals surface area contributed by atoms with Gasteiger partial charge in [0.25, 0.3) is 0 Å². The van der Waals surface area contributed by atoms with Gasteiger partial charge in [-0.05, 0) is 111 Å². The van der Waals surface area contributed by atoms with Gasteiger partial charge in [-0.25, -0.2) is 4.79 Å². The lowest BCUT2D eigenvalue weighted by Crippen LogP contribution is -2.41. The van der Waals surface area contributed by atoms with Crippen molar-refractivity contribution in [2.45, 2.75) is 128 Å². The monoisotopic (exact) mass is 659 g/mol. The Morgan fingerprint density at radius 2 is 1.78 bits per heavy atom. The summed E-state index contributed by atoms with van der Waals surface area (Å²) in [7, 11) is 0. The van der Waals surface area contributed by atoms with Gasteiger partial charge >= 0.3 is 11.9 Å². The lowest BCUT2D eigenvalue weighted by atomic mass is 9.73. The van der Waals surface area contributed by atoms with Crippen LogP contribution < -0.4 is 10.1 Å². The van der Waals surface area contributed by atoms with Gasteiger partial charge in [-0.15, -0.1) is 0 Å². The number of carbonyl (C=O) groups excluding carboxylic acids is 2. The normalized spacial score (nSPS) is 26.1. The van der Waals surface area contributed by atoms with E-state index in [1.54, 1.807) is 0 Å². The van der Waals surface area contributed by atoms with E-state index >= 15 is 0 Å². The summed E-state index contributed by atoms with van der Waals surface area (Å²) >= 11 is 4.26. The van der Waals surface area contributed by atoms with Crippen molar-refractivity contribution in [3.63, 3.8) is 0 Å². The first-order valence-corrected chi connectivity index (χ1v) is 18.7. The summed E-state index contributed by atoms with van der Waals surface area (Å²) < 4.78 is 11.9. The Morgan fingerprint density at radius 3 is 2.54 bits per heavy atom. The summed E-state index contributed by atoms with van der Waals surface area (Å²) in [6.07, 6.45) is 14.7. The molecule has 2 fully saturated rings. The predicted octanol–water partition coefficient (Wildman–Crippen LogP) is 6.55. The van der Waals surface area contributed by atoms with Gasteiger partial charge < -0.3 is 25.0 Å². The number of nitrogens with one attached hydrogen (secondary N) is 1. The zero-order valence-electron chi connectivity index (χ0n) is 27.8. The van der Waals surface area contributed by atoms with Gasteiger partial charge in [0.15, 0.2) is 6.61 Å². The van der Waals surface area contributed by atoms with Crippen LogP contribution in [0.1, 0.15) is 114 Å². The topological polar surface area (TPSA) is 122 Å². The molecule has 1 amide bonds. The van der Waals surface area contributed by atoms with Crippen LogP contribution in [0.3, 0.4) is 0 Å². The van der Waals surface area contributed by atoms with E-state index in [0.29, 0.717) is 37.0 Å². The summed E-state index contributed by atoms with van der Waals surface area (Å²) in [6, 6.07) is 5.85. The number of rotatable bonds is 19. The van der Waals surface area contributed by atoms with Crippen molar-refractivity contribution in [1.29, 1.82) is 0 Å². The Balaban J connectivity index is 1.35. The summed E-state index contributed by atoms with van der Waals surface area (Å²) in [5.74, 6) is 0.357. The number of esters is 1. The third-order valence-electron chi connectivity index (χ3n) is 10.7. The number of ether oxygens (including phenoxy) is 2. The first-order chi connectivity index (χ1) is 22.3. The number of aliphatic hydroxyl groups excluding tert-OH is 1. The highest BCUT2D eigenvalue weighted by Crippen LogP contribution is 2.48. The van der Waals surface area contributed by atoms with Crippen LogP contribution in [0.4, 0.5) is 0 Å². The quantitative estimate of drug-likeness (QED) is 0.0755. The zero-order chi connectivity index (χ0) is 32.9. The van der Waals surface area contributed by atoms with E-state index in [-0.39, 0.29) is 42.3 Å². The molecule has 3 aliphatic rings. The molecule has 8 nitrogen and oxygen atoms in total. The number of carboxylic acid groups (broad SMARTS) is 1. The molecule has 9 heteroatoms. The van der Waals surface area contributed by atoms with Gasteiger partial charge in [-0.1, -0.05) is 57.6 Å². The second-order valence-electron chi connectivity index (χ2n) is 13.9. The summed E-state index contributed by atoms with van der Waals surface area (Å²) in [5, 5.41) is 23.4. The largest absolute Gasteiger partial charge is 0.482 e. The molecule has 0 aliphatic heterocycles. The smallest absolute Gasteiger partial charge is 0.341 e. The van der Waals surface area contributed by atoms with E-state index in [4.69, 9.17) is 14.6 Å². The second-order valence-corrected chi connectivity index (χ2v) is 14.4. The number of benzene rings is 1. The molecule has 2 saturated carbocycles. The molecule has 0 heterocycles. The molecule has 0 radical (unpaired) electrons. The van der Waals surface area contributed by atoms with Gasteiger partial charge in [0.05, 0.1) is 17.9 Å². The molecule has 0 spiro atoms. The van der Waals surface area contributed by atoms with E-state index in [1.165, 1.54) is 5.56 Å². The van der Waals surface area contributed by atoms with Crippen LogP contribution >= 0.6 is 12.6 Å². The van der Waals surface area contributed by atoms with Crippen molar-refractivity contribution >= 4 is 30.5 Å². The standard InChI is InChI=1S/C37H57NO7S/c1-2-3-6-13-27(45-37(43)30-15-8-7-14-29(30)36(42)38-19-9-4-5-10-20-46)17-18-28-31-21-25-12-11-16-34(44-24-35(40)41)32(25)22-26(31)23-33(28)39/h11-12,16,26-31,33,39,46H,2-10,13-15,17-24H2,1H3,(H,38,42)(H,40,41)/t26-,27-,28+,29?,30?,31-,33+/m0/s1. The number of hydrogen-bond donors (Lipinski definition) is 4. The van der Waals surface area contributed by atoms with Crippen molar-refractivity contribution in [3.8, 4) is 5.75 Å². The highest BCUT2D eigenvalue weighted by molar-refractivity contribution is 7.80. The van der Waals surface area contributed by atoms with Crippen LogP contribution in [-0.4, -0.2) is 59.2 Å². The van der Waals surface area contributed by atoms with Crippen LogP contribution in [-0.2, 0) is 32.0 Å². The van der Waals surface area contributed by atoms with E-state index < -0.39 is 12.1 Å². The molecule has 3 aliphatic carbocycles. The minimum absolute atomic E-state index is 0.00686. The third kappa shape index (κ3) is 10.4. The molecular weight excluding hydrogens is 602 g/mol. The molecule has 7 atom stereocenters. The molecule has 46 heavy (non-hydrogen) atoms. The molecule has 4 rings (SSSR count). The number of aliphatic hydroxyl groups is 1. The molecule has 258 valence electrons. The van der Waals surface area contributed by atoms with Crippen molar-refractivity contribution in [3.05, 3.63) is 29.3 Å². The lowest BCUT2D eigenvalue weighted by Gasteiger charge is -2.33. The number of thiol groups is 1. The van der Waals surface area contributed by atoms with E-state index in [0.717, 1.165) is 108 Å². The molecule has 1 aromatic carbocycles. The van der Waals surface area contributed by atoms with Gasteiger partial charge in [0, 0.05) is 6.54 Å². The number of hydrogen-bond acceptors (Lipinski definition) is 7. The lowest BCUT2D eigenvalue weighted by molar-refractivity contribution is -0.160. The molecule has 0 saturated heterocycles. The predicted molar refractivity (Wildman–Crippen MR) is 182 cm³/mol. The Bertz CT molecular complexity index is 1130. The van der Waals surface area contributed by atoms with Gasteiger partial charge in [-0.3, -0.25) is 9.59 Å². The van der Waals surface area contributed by atoms with Crippen LogP contribution in [0.5, 0.6) is 5.75 Å². The van der Waals surface area contributed by atoms with Crippen molar-refractivity contribution in [1.82, 2.24) is 5.32 Å². The fourth-order valence-corrected chi connectivity index (χ4v) is 8.48. The van der Waals surface area contributed by atoms with Crippen molar-refractivity contribution in [2.24, 2.45) is 29.6 Å². The Hall–Kier alpha value is -2.26. The number of amides is 1. The Morgan fingerprint density at radius 1 is 1.00 bits per heavy atom. The van der Waals surface area contributed by atoms with Gasteiger partial charge in [0.1, 0.15) is 11.9 Å². The Kier molecular flexibility index (Phi) is 15.0. The third-order valence-corrected chi connectivity index (χ3v) is 11.0. The first-order valence-electron chi connectivity index (χ1n) is 18.0. The van der Waals surface area contributed by atoms with Crippen molar-refractivity contribution in [2.75, 3.05) is 18.9 Å². The average Bonchev–Trinajstić information content (AvgIpc) is 3.36. The Labute approximate surface area is 281 Å². The molecule has 3 N–H and O–H groups in total. The highest BCUT2D eigenvalue weighted by atomic mass is 32.1. The molecular formula is C37H57NO7S. The summed E-state index contributed by atoms with van der Waals surface area (Å²) in [5.41, 5.74) is 2.25. The zero-order valence-corrected chi connectivity index (χ0v) is 28.7. The number of fused-ring (bicyclic) bond motifs is 2. The highest BCUT2D eigenvalue weighted by Gasteiger charge is 2.45. The SMILES string of the molecule is CCCCC[C@@H](CC[C@@H]1[C@H]2Cc3cccc(OCC(=O)O)c3C[C@H]2C[C@H]1O)OC(=O)C1CCCCC1C(=O)NCCCCCCS. The van der Waals surface area contributed by atoms with Crippen molar-refractivity contribution < 1.29 is 34.1 Å². The minimum Gasteiger partial charge on any atom is -0.482 e. The number of carbonyl (C=O) groups is 3. The average molecular weight is 660 g/mol.